The molecule has 0 unspecified atom stereocenters. The summed E-state index contributed by atoms with van der Waals surface area (Å²) in [5, 5.41) is 9.85. The second kappa shape index (κ2) is 13.7. The minimum atomic E-state index is -3.34. The number of nitrogens with zero attached hydrogens (tertiary/aromatic N) is 4. The number of thiophene rings is 1. The minimum absolute atomic E-state index is 0.0100. The Morgan fingerprint density at radius 2 is 1.77 bits per heavy atom. The molecule has 0 atom stereocenters. The summed E-state index contributed by atoms with van der Waals surface area (Å²) in [5.41, 5.74) is 10.3. The maximum Gasteiger partial charge on any atom is 0.375 e. The van der Waals surface area contributed by atoms with Gasteiger partial charge in [0.05, 0.1) is 29.8 Å². The average Bonchev–Trinajstić information content (AvgIpc) is 3.68. The molecule has 3 aromatic heterocycles. The van der Waals surface area contributed by atoms with Gasteiger partial charge in [0.2, 0.25) is 10.0 Å². The number of carbonyl (C=O) groups excluding carboxylic acids is 2. The van der Waals surface area contributed by atoms with Gasteiger partial charge in [-0.3, -0.25) is 4.72 Å². The smallest absolute Gasteiger partial charge is 0.375 e. The van der Waals surface area contributed by atoms with Crippen LogP contribution in [0.1, 0.15) is 38.2 Å². The highest BCUT2D eigenvalue weighted by Crippen LogP contribution is 2.20. The number of nitrogens with two attached hydrogens (primary N) is 1. The van der Waals surface area contributed by atoms with Crippen molar-refractivity contribution in [3.8, 4) is 11.3 Å². The molecule has 222 valence electrons. The molecule has 0 saturated carbocycles. The number of hydrogen-bond acceptors (Lipinski definition) is 10. The van der Waals surface area contributed by atoms with Gasteiger partial charge >= 0.3 is 11.9 Å². The van der Waals surface area contributed by atoms with Crippen molar-refractivity contribution in [1.82, 2.24) is 14.6 Å². The lowest BCUT2D eigenvalue weighted by Gasteiger charge is -2.06. The van der Waals surface area contributed by atoms with Gasteiger partial charge in [0.25, 0.3) is 0 Å². The summed E-state index contributed by atoms with van der Waals surface area (Å²) in [6.07, 6.45) is 2.60. The highest BCUT2D eigenvalue weighted by Gasteiger charge is 2.16. The predicted octanol–water partition coefficient (Wildman–Crippen LogP) is 4.48. The molecule has 0 amide bonds. The van der Waals surface area contributed by atoms with Gasteiger partial charge in [-0.25, -0.2) is 27.5 Å². The Bertz CT molecular complexity index is 1850. The number of nitrogens with one attached hydrogen (secondary N) is 1. The number of sulfonamides is 1. The van der Waals surface area contributed by atoms with Crippen LogP contribution in [-0.4, -0.2) is 53.7 Å². The van der Waals surface area contributed by atoms with Crippen LogP contribution in [0.5, 0.6) is 0 Å². The number of oxime groups is 1. The number of rotatable bonds is 8. The zero-order chi connectivity index (χ0) is 31.0. The van der Waals surface area contributed by atoms with Crippen LogP contribution in [0.3, 0.4) is 0 Å². The van der Waals surface area contributed by atoms with Crippen LogP contribution in [0.25, 0.3) is 16.9 Å². The first-order valence-electron chi connectivity index (χ1n) is 12.8. The van der Waals surface area contributed by atoms with Crippen molar-refractivity contribution in [2.45, 2.75) is 13.8 Å². The van der Waals surface area contributed by atoms with Crippen LogP contribution in [0.2, 0.25) is 0 Å². The summed E-state index contributed by atoms with van der Waals surface area (Å²) in [5.74, 6) is -0.953. The summed E-state index contributed by atoms with van der Waals surface area (Å²) >= 11 is 1.24. The van der Waals surface area contributed by atoms with E-state index in [1.807, 2.05) is 43.3 Å². The molecule has 0 spiro atoms. The van der Waals surface area contributed by atoms with Gasteiger partial charge in [-0.05, 0) is 49.6 Å². The topological polar surface area (TPSA) is 167 Å². The Labute approximate surface area is 251 Å². The number of hydrogen-bond donors (Lipinski definition) is 2. The molecule has 3 heterocycles. The maximum atomic E-state index is 11.9. The monoisotopic (exact) mass is 620 g/mol. The molecule has 0 bridgehead atoms. The SMILES string of the molecule is CCOC(=O)c1cnc2cc(-c3ccccc3)nn2c1C.CS(=O)(=O)Nc1ccc(C(N)=NOC(=O)c2cccs2)cc1. The molecule has 43 heavy (non-hydrogen) atoms. The summed E-state index contributed by atoms with van der Waals surface area (Å²) in [6.45, 7) is 3.95. The molecule has 3 N–H and O–H groups in total. The van der Waals surface area contributed by atoms with E-state index >= 15 is 0 Å². The van der Waals surface area contributed by atoms with Gasteiger partial charge in [-0.2, -0.15) is 5.10 Å². The van der Waals surface area contributed by atoms with Gasteiger partial charge in [0.1, 0.15) is 4.88 Å². The molecule has 0 aliphatic heterocycles. The molecule has 0 aliphatic rings. The molecule has 0 aliphatic carbocycles. The number of carbonyl (C=O) groups is 2. The zero-order valence-corrected chi connectivity index (χ0v) is 25.1. The van der Waals surface area contributed by atoms with Gasteiger partial charge < -0.3 is 15.3 Å². The van der Waals surface area contributed by atoms with E-state index in [0.717, 1.165) is 23.2 Å². The third-order valence-corrected chi connectivity index (χ3v) is 7.18. The molecular weight excluding hydrogens is 592 g/mol. The molecule has 12 nitrogen and oxygen atoms in total. The summed E-state index contributed by atoms with van der Waals surface area (Å²) in [7, 11) is -3.34. The number of benzene rings is 2. The first-order chi connectivity index (χ1) is 20.6. The summed E-state index contributed by atoms with van der Waals surface area (Å²) in [4.78, 5) is 32.9. The molecule has 2 aromatic carbocycles. The van der Waals surface area contributed by atoms with Crippen molar-refractivity contribution in [2.24, 2.45) is 10.9 Å². The highest BCUT2D eigenvalue weighted by atomic mass is 32.2. The van der Waals surface area contributed by atoms with Crippen LogP contribution < -0.4 is 10.5 Å². The van der Waals surface area contributed by atoms with E-state index in [9.17, 15) is 18.0 Å². The van der Waals surface area contributed by atoms with Crippen molar-refractivity contribution in [3.05, 3.63) is 106 Å². The lowest BCUT2D eigenvalue weighted by Crippen LogP contribution is -2.15. The Balaban J connectivity index is 0.000000197. The van der Waals surface area contributed by atoms with Crippen molar-refractivity contribution in [2.75, 3.05) is 17.6 Å². The number of aryl methyl sites for hydroxylation is 1. The fourth-order valence-electron chi connectivity index (χ4n) is 3.71. The van der Waals surface area contributed by atoms with Gasteiger partial charge in [0.15, 0.2) is 11.5 Å². The van der Waals surface area contributed by atoms with E-state index < -0.39 is 16.0 Å². The fourth-order valence-corrected chi connectivity index (χ4v) is 4.87. The Morgan fingerprint density at radius 1 is 1.05 bits per heavy atom. The molecule has 0 radical (unpaired) electrons. The van der Waals surface area contributed by atoms with E-state index in [1.165, 1.54) is 23.5 Å². The normalized spacial score (nSPS) is 11.4. The molecule has 0 fully saturated rings. The van der Waals surface area contributed by atoms with Crippen molar-refractivity contribution in [3.63, 3.8) is 0 Å². The molecule has 0 saturated heterocycles. The van der Waals surface area contributed by atoms with Crippen LogP contribution in [0.4, 0.5) is 5.69 Å². The fraction of sp³-hybridized carbons (Fsp3) is 0.138. The molecule has 14 heteroatoms. The lowest BCUT2D eigenvalue weighted by atomic mass is 10.2. The number of anilines is 1. The number of amidine groups is 1. The second-order valence-corrected chi connectivity index (χ2v) is 11.6. The third kappa shape index (κ3) is 8.24. The van der Waals surface area contributed by atoms with Crippen molar-refractivity contribution >= 4 is 50.5 Å². The number of aromatic nitrogens is 3. The number of esters is 1. The van der Waals surface area contributed by atoms with E-state index in [4.69, 9.17) is 15.3 Å². The van der Waals surface area contributed by atoms with Gasteiger partial charge in [-0.1, -0.05) is 41.6 Å². The first-order valence-corrected chi connectivity index (χ1v) is 15.6. The summed E-state index contributed by atoms with van der Waals surface area (Å²) in [6, 6.07) is 21.3. The Hall–Kier alpha value is -5.08. The van der Waals surface area contributed by atoms with Crippen molar-refractivity contribution in [1.29, 1.82) is 0 Å². The highest BCUT2D eigenvalue weighted by molar-refractivity contribution is 7.92. The molecule has 5 aromatic rings. The zero-order valence-electron chi connectivity index (χ0n) is 23.4. The average molecular weight is 621 g/mol. The van der Waals surface area contributed by atoms with Gasteiger partial charge in [0, 0.05) is 29.1 Å². The Kier molecular flexibility index (Phi) is 9.85. The first kappa shape index (κ1) is 30.9. The lowest BCUT2D eigenvalue weighted by molar-refractivity contribution is 0.0513. The third-order valence-electron chi connectivity index (χ3n) is 5.72. The van der Waals surface area contributed by atoms with Crippen molar-refractivity contribution < 1.29 is 27.6 Å². The van der Waals surface area contributed by atoms with Gasteiger partial charge in [-0.15, -0.1) is 11.3 Å². The predicted molar refractivity (Wildman–Crippen MR) is 164 cm³/mol. The summed E-state index contributed by atoms with van der Waals surface area (Å²) < 4.78 is 31.2. The minimum Gasteiger partial charge on any atom is -0.462 e. The van der Waals surface area contributed by atoms with E-state index in [1.54, 1.807) is 47.3 Å². The van der Waals surface area contributed by atoms with E-state index in [-0.39, 0.29) is 11.8 Å². The Morgan fingerprint density at radius 3 is 2.40 bits per heavy atom. The molecule has 5 rings (SSSR count). The number of ether oxygens (including phenoxy) is 1. The maximum absolute atomic E-state index is 11.9. The van der Waals surface area contributed by atoms with Crippen LogP contribution >= 0.6 is 11.3 Å². The number of fused-ring (bicyclic) bond motifs is 1. The quantitative estimate of drug-likeness (QED) is 0.0836. The largest absolute Gasteiger partial charge is 0.462 e. The van der Waals surface area contributed by atoms with Crippen LogP contribution in [-0.2, 0) is 19.6 Å². The molecular formula is C29H28N6O6S2. The standard InChI is InChI=1S/C16H15N3O2.C13H13N3O4S2/c1-3-21-16(20)13-10-17-15-9-14(18-19(15)11(13)2)12-7-5-4-6-8-12;1-22(18,19)16-10-6-4-9(5-7-10)12(14)15-20-13(17)11-3-2-8-21-11/h4-10H,3H2,1-2H3;2-8,16H,1H3,(H2,14,15). The van der Waals surface area contributed by atoms with Crippen LogP contribution in [0.15, 0.2) is 89.5 Å². The van der Waals surface area contributed by atoms with Crippen LogP contribution in [0, 0.1) is 6.92 Å². The van der Waals surface area contributed by atoms with E-state index in [2.05, 4.69) is 20.0 Å². The van der Waals surface area contributed by atoms with E-state index in [0.29, 0.717) is 33.9 Å². The second-order valence-electron chi connectivity index (χ2n) is 8.93.